The van der Waals surface area contributed by atoms with E-state index in [2.05, 4.69) is 42.6 Å². The Labute approximate surface area is 251 Å². The molecule has 0 fully saturated rings. The van der Waals surface area contributed by atoms with Gasteiger partial charge in [0.2, 0.25) is 0 Å². The number of hydrogen-bond acceptors (Lipinski definition) is 5. The molecule has 8 nitrogen and oxygen atoms in total. The summed E-state index contributed by atoms with van der Waals surface area (Å²) in [6.45, 7) is 6.53. The van der Waals surface area contributed by atoms with Gasteiger partial charge in [-0.25, -0.2) is 9.07 Å². The van der Waals surface area contributed by atoms with Gasteiger partial charge in [-0.3, -0.25) is 9.59 Å². The van der Waals surface area contributed by atoms with E-state index in [9.17, 15) is 22.8 Å². The zero-order valence-corrected chi connectivity index (χ0v) is 24.5. The number of carbonyl (C=O) groups excluding carboxylic acids is 2. The normalized spacial score (nSPS) is 12.9. The van der Waals surface area contributed by atoms with E-state index in [4.69, 9.17) is 10.5 Å². The molecule has 230 valence electrons. The number of nitrogens with one attached hydrogen (secondary N) is 2. The molecule has 1 aliphatic rings. The van der Waals surface area contributed by atoms with Crippen LogP contribution >= 0.6 is 0 Å². The van der Waals surface area contributed by atoms with Crippen LogP contribution in [0.5, 0.6) is 5.75 Å². The Kier molecular flexibility index (Phi) is 7.87. The van der Waals surface area contributed by atoms with Crippen molar-refractivity contribution in [3.05, 3.63) is 93.8 Å². The maximum atomic E-state index is 15.3. The van der Waals surface area contributed by atoms with E-state index in [1.807, 2.05) is 12.1 Å². The second-order valence-electron chi connectivity index (χ2n) is 11.6. The van der Waals surface area contributed by atoms with E-state index in [0.29, 0.717) is 24.8 Å². The SMILES string of the molecule is COc1ccc(C(F)(F)F)cc1C(=O)NCc1ccc(-c2nn3c(c2C(N)=O)Nc2ccc(C(C)(C)C)cc2CC3)cc1F. The molecule has 0 aliphatic carbocycles. The lowest BCUT2D eigenvalue weighted by atomic mass is 9.85. The third-order valence-corrected chi connectivity index (χ3v) is 7.55. The standard InChI is InChI=1S/C32H31F4N5O3/c1-31(2,3)20-7-9-24-17(13-20)11-12-41-29(39-24)26(28(37)42)27(40-41)18-5-6-19(23(33)14-18)16-38-30(43)22-15-21(32(34,35)36)8-10-25(22)44-4/h5-10,13-15,39H,11-12,16H2,1-4H3,(H2,37,42)(H,38,43). The Morgan fingerprint density at radius 2 is 1.77 bits per heavy atom. The Bertz CT molecular complexity index is 1770. The fraction of sp³-hybridized carbons (Fsp3) is 0.281. The lowest BCUT2D eigenvalue weighted by Crippen LogP contribution is -2.24. The van der Waals surface area contributed by atoms with Crippen LogP contribution in [0.15, 0.2) is 54.6 Å². The maximum Gasteiger partial charge on any atom is 0.416 e. The molecule has 3 aromatic carbocycles. The molecular weight excluding hydrogens is 578 g/mol. The number of carbonyl (C=O) groups is 2. The lowest BCUT2D eigenvalue weighted by molar-refractivity contribution is -0.137. The first-order valence-electron chi connectivity index (χ1n) is 13.8. The van der Waals surface area contributed by atoms with E-state index >= 15 is 4.39 Å². The van der Waals surface area contributed by atoms with Crippen molar-refractivity contribution in [2.45, 2.75) is 51.9 Å². The van der Waals surface area contributed by atoms with E-state index < -0.39 is 29.4 Å². The van der Waals surface area contributed by atoms with Crippen LogP contribution in [0.2, 0.25) is 0 Å². The molecule has 44 heavy (non-hydrogen) atoms. The number of aromatic nitrogens is 2. The summed E-state index contributed by atoms with van der Waals surface area (Å²) in [5.74, 6) is -1.98. The molecule has 5 rings (SSSR count). The minimum absolute atomic E-state index is 0.0371. The van der Waals surface area contributed by atoms with Crippen LogP contribution < -0.4 is 21.1 Å². The summed E-state index contributed by atoms with van der Waals surface area (Å²) in [5, 5.41) is 10.3. The van der Waals surface area contributed by atoms with E-state index in [1.165, 1.54) is 30.9 Å². The third kappa shape index (κ3) is 5.97. The summed E-state index contributed by atoms with van der Waals surface area (Å²) in [6, 6.07) is 12.8. The van der Waals surface area contributed by atoms with Gasteiger partial charge in [-0.15, -0.1) is 0 Å². The van der Waals surface area contributed by atoms with Gasteiger partial charge in [0.1, 0.15) is 28.6 Å². The van der Waals surface area contributed by atoms with Crippen LogP contribution in [0.25, 0.3) is 11.3 Å². The first-order chi connectivity index (χ1) is 20.7. The molecule has 12 heteroatoms. The van der Waals surface area contributed by atoms with Gasteiger partial charge >= 0.3 is 6.18 Å². The highest BCUT2D eigenvalue weighted by molar-refractivity contribution is 6.04. The van der Waals surface area contributed by atoms with Crippen molar-refractivity contribution in [2.75, 3.05) is 12.4 Å². The fourth-order valence-corrected chi connectivity index (χ4v) is 5.10. The molecule has 4 aromatic rings. The van der Waals surface area contributed by atoms with Gasteiger partial charge in [-0.1, -0.05) is 45.0 Å². The number of methoxy groups -OCH3 is 1. The van der Waals surface area contributed by atoms with Gasteiger partial charge in [-0.2, -0.15) is 18.3 Å². The smallest absolute Gasteiger partial charge is 0.416 e. The molecular formula is C32H31F4N5O3. The Morgan fingerprint density at radius 1 is 1.05 bits per heavy atom. The Morgan fingerprint density at radius 3 is 2.41 bits per heavy atom. The molecule has 0 bridgehead atoms. The van der Waals surface area contributed by atoms with Crippen molar-refractivity contribution in [1.82, 2.24) is 15.1 Å². The molecule has 2 amide bonds. The number of anilines is 2. The zero-order valence-electron chi connectivity index (χ0n) is 24.5. The number of nitrogens with two attached hydrogens (primary N) is 1. The second kappa shape index (κ2) is 11.3. The largest absolute Gasteiger partial charge is 0.496 e. The number of ether oxygens (including phenoxy) is 1. The predicted molar refractivity (Wildman–Crippen MR) is 157 cm³/mol. The molecule has 0 atom stereocenters. The Balaban J connectivity index is 1.40. The van der Waals surface area contributed by atoms with E-state index in [0.717, 1.165) is 23.4 Å². The number of hydrogen-bond donors (Lipinski definition) is 3. The highest BCUT2D eigenvalue weighted by atomic mass is 19.4. The molecule has 0 unspecified atom stereocenters. The van der Waals surface area contributed by atoms with Crippen LogP contribution in [0, 0.1) is 5.82 Å². The van der Waals surface area contributed by atoms with Crippen molar-refractivity contribution < 1.29 is 31.9 Å². The zero-order chi connectivity index (χ0) is 32.0. The number of primary amides is 1. The minimum Gasteiger partial charge on any atom is -0.496 e. The third-order valence-electron chi connectivity index (χ3n) is 7.55. The number of halogens is 4. The van der Waals surface area contributed by atoms with Crippen LogP contribution in [-0.4, -0.2) is 28.7 Å². The summed E-state index contributed by atoms with van der Waals surface area (Å²) in [4.78, 5) is 25.4. The molecule has 0 saturated heterocycles. The molecule has 2 heterocycles. The topological polar surface area (TPSA) is 111 Å². The van der Waals surface area contributed by atoms with Crippen LogP contribution in [0.3, 0.4) is 0 Å². The van der Waals surface area contributed by atoms with Crippen LogP contribution in [-0.2, 0) is 31.1 Å². The maximum absolute atomic E-state index is 15.3. The summed E-state index contributed by atoms with van der Waals surface area (Å²) in [6.07, 6.45) is -4.02. The average molecular weight is 610 g/mol. The summed E-state index contributed by atoms with van der Waals surface area (Å²) >= 11 is 0. The number of nitrogens with zero attached hydrogens (tertiary/aromatic N) is 2. The summed E-state index contributed by atoms with van der Waals surface area (Å²) < 4.78 is 61.5. The summed E-state index contributed by atoms with van der Waals surface area (Å²) in [7, 11) is 1.23. The van der Waals surface area contributed by atoms with Crippen molar-refractivity contribution in [2.24, 2.45) is 5.73 Å². The highest BCUT2D eigenvalue weighted by Gasteiger charge is 2.32. The van der Waals surface area contributed by atoms with Gasteiger partial charge in [-0.05, 0) is 53.3 Å². The number of fused-ring (bicyclic) bond motifs is 2. The lowest BCUT2D eigenvalue weighted by Gasteiger charge is -2.21. The van der Waals surface area contributed by atoms with Gasteiger partial charge in [0.05, 0.1) is 18.2 Å². The average Bonchev–Trinajstić information content (AvgIpc) is 3.22. The first-order valence-corrected chi connectivity index (χ1v) is 13.8. The quantitative estimate of drug-likeness (QED) is 0.221. The predicted octanol–water partition coefficient (Wildman–Crippen LogP) is 6.34. The number of aryl methyl sites for hydroxylation is 2. The van der Waals surface area contributed by atoms with Crippen LogP contribution in [0.4, 0.5) is 29.1 Å². The number of amides is 2. The van der Waals surface area contributed by atoms with Gasteiger partial charge < -0.3 is 21.1 Å². The molecule has 1 aliphatic heterocycles. The van der Waals surface area contributed by atoms with Crippen molar-refractivity contribution in [3.8, 4) is 17.0 Å². The van der Waals surface area contributed by atoms with Crippen molar-refractivity contribution in [3.63, 3.8) is 0 Å². The molecule has 0 saturated carbocycles. The van der Waals surface area contributed by atoms with E-state index in [1.54, 1.807) is 4.68 Å². The van der Waals surface area contributed by atoms with Gasteiger partial charge in [0.25, 0.3) is 11.8 Å². The van der Waals surface area contributed by atoms with Crippen molar-refractivity contribution in [1.29, 1.82) is 0 Å². The van der Waals surface area contributed by atoms with Gasteiger partial charge in [0.15, 0.2) is 0 Å². The number of benzene rings is 3. The fourth-order valence-electron chi connectivity index (χ4n) is 5.10. The van der Waals surface area contributed by atoms with Gasteiger partial charge in [0, 0.05) is 29.9 Å². The molecule has 0 radical (unpaired) electrons. The first kappa shape index (κ1) is 30.6. The highest BCUT2D eigenvalue weighted by Crippen LogP contribution is 2.37. The van der Waals surface area contributed by atoms with Crippen molar-refractivity contribution >= 4 is 23.3 Å². The Hall–Kier alpha value is -4.87. The molecule has 1 aromatic heterocycles. The van der Waals surface area contributed by atoms with E-state index in [-0.39, 0.29) is 45.7 Å². The number of rotatable bonds is 6. The summed E-state index contributed by atoms with van der Waals surface area (Å²) in [5.41, 5.74) is 8.11. The minimum atomic E-state index is -4.66. The molecule has 4 N–H and O–H groups in total. The second-order valence-corrected chi connectivity index (χ2v) is 11.6. The molecule has 0 spiro atoms. The van der Waals surface area contributed by atoms with Crippen LogP contribution in [0.1, 0.15) is 63.7 Å². The monoisotopic (exact) mass is 609 g/mol. The number of alkyl halides is 3.